The van der Waals surface area contributed by atoms with Crippen molar-refractivity contribution >= 4 is 45.8 Å². The van der Waals surface area contributed by atoms with Gasteiger partial charge in [0.25, 0.3) is 11.7 Å². The molecule has 4 aromatic rings. The van der Waals surface area contributed by atoms with E-state index in [-0.39, 0.29) is 22.5 Å². The van der Waals surface area contributed by atoms with Gasteiger partial charge in [-0.3, -0.25) is 9.59 Å². The minimum absolute atomic E-state index is 0.00500. The van der Waals surface area contributed by atoms with E-state index in [1.54, 1.807) is 19.1 Å². The Balaban J connectivity index is 1.60. The van der Waals surface area contributed by atoms with Crippen molar-refractivity contribution < 1.29 is 31.9 Å². The zero-order chi connectivity index (χ0) is 26.0. The summed E-state index contributed by atoms with van der Waals surface area (Å²) >= 11 is 11.8. The molecule has 36 heavy (non-hydrogen) atoms. The third-order valence-electron chi connectivity index (χ3n) is 4.81. The van der Waals surface area contributed by atoms with Gasteiger partial charge in [-0.1, -0.05) is 35.3 Å². The molecule has 0 unspecified atom stereocenters. The molecule has 1 amide bonds. The standard InChI is InChI=1S/C25H16Cl2F3NO5/c1-13-3-2-4-18(7-13)35-23-22(33)19-6-5-17(11-20(19)36-24(23)25(28,29)30)34-12-21(32)31-16-9-14(26)8-15(27)10-16/h2-11H,12H2,1H3,(H,31,32). The van der Waals surface area contributed by atoms with Gasteiger partial charge in [0, 0.05) is 21.8 Å². The number of hydrogen-bond acceptors (Lipinski definition) is 5. The van der Waals surface area contributed by atoms with Crippen LogP contribution in [0.5, 0.6) is 17.2 Å². The molecule has 0 saturated heterocycles. The average molecular weight is 538 g/mol. The molecule has 0 bridgehead atoms. The highest BCUT2D eigenvalue weighted by Crippen LogP contribution is 2.38. The summed E-state index contributed by atoms with van der Waals surface area (Å²) in [6.45, 7) is 1.24. The summed E-state index contributed by atoms with van der Waals surface area (Å²) in [5, 5.41) is 3.00. The smallest absolute Gasteiger partial charge is 0.453 e. The fourth-order valence-electron chi connectivity index (χ4n) is 3.29. The van der Waals surface area contributed by atoms with Crippen LogP contribution >= 0.6 is 23.2 Å². The quantitative estimate of drug-likeness (QED) is 0.280. The third kappa shape index (κ3) is 5.92. The maximum absolute atomic E-state index is 13.7. The van der Waals surface area contributed by atoms with Gasteiger partial charge < -0.3 is 19.2 Å². The highest BCUT2D eigenvalue weighted by Gasteiger charge is 2.40. The molecule has 0 aliphatic rings. The van der Waals surface area contributed by atoms with Crippen LogP contribution in [0.4, 0.5) is 18.9 Å². The molecule has 3 aromatic carbocycles. The predicted octanol–water partition coefficient (Wildman–Crippen LogP) is 7.24. The van der Waals surface area contributed by atoms with Gasteiger partial charge in [0.05, 0.1) is 5.39 Å². The largest absolute Gasteiger partial charge is 0.484 e. The van der Waals surface area contributed by atoms with E-state index in [1.807, 2.05) is 0 Å². The molecule has 0 saturated carbocycles. The van der Waals surface area contributed by atoms with E-state index in [2.05, 4.69) is 5.32 Å². The lowest BCUT2D eigenvalue weighted by atomic mass is 10.2. The summed E-state index contributed by atoms with van der Waals surface area (Å²) in [5.74, 6) is -3.08. The molecule has 0 spiro atoms. The van der Waals surface area contributed by atoms with Crippen molar-refractivity contribution in [2.45, 2.75) is 13.1 Å². The van der Waals surface area contributed by atoms with E-state index in [9.17, 15) is 22.8 Å². The summed E-state index contributed by atoms with van der Waals surface area (Å²) in [6, 6.07) is 14.3. The first-order chi connectivity index (χ1) is 17.0. The number of hydrogen-bond donors (Lipinski definition) is 1. The van der Waals surface area contributed by atoms with Crippen LogP contribution in [0.1, 0.15) is 11.3 Å². The fourth-order valence-corrected chi connectivity index (χ4v) is 3.82. The molecule has 0 radical (unpaired) electrons. The van der Waals surface area contributed by atoms with E-state index < -0.39 is 35.6 Å². The second-order valence-corrected chi connectivity index (χ2v) is 8.53. The van der Waals surface area contributed by atoms with Gasteiger partial charge in [-0.2, -0.15) is 13.2 Å². The zero-order valence-corrected chi connectivity index (χ0v) is 19.9. The summed E-state index contributed by atoms with van der Waals surface area (Å²) in [5.41, 5.74) is -0.326. The SMILES string of the molecule is Cc1cccc(Oc2c(C(F)(F)F)oc3cc(OCC(=O)Nc4cc(Cl)cc(Cl)c4)ccc3c2=O)c1. The van der Waals surface area contributed by atoms with Crippen molar-refractivity contribution in [2.24, 2.45) is 0 Å². The van der Waals surface area contributed by atoms with E-state index in [0.29, 0.717) is 15.7 Å². The lowest BCUT2D eigenvalue weighted by Gasteiger charge is -2.14. The van der Waals surface area contributed by atoms with Gasteiger partial charge >= 0.3 is 6.18 Å². The van der Waals surface area contributed by atoms with E-state index in [0.717, 1.165) is 11.6 Å². The fraction of sp³-hybridized carbons (Fsp3) is 0.120. The Morgan fingerprint density at radius 2 is 1.72 bits per heavy atom. The third-order valence-corrected chi connectivity index (χ3v) is 5.24. The van der Waals surface area contributed by atoms with Gasteiger partial charge in [0.1, 0.15) is 17.1 Å². The van der Waals surface area contributed by atoms with Gasteiger partial charge in [-0.25, -0.2) is 0 Å². The van der Waals surface area contributed by atoms with Crippen molar-refractivity contribution in [1.29, 1.82) is 0 Å². The highest BCUT2D eigenvalue weighted by molar-refractivity contribution is 6.35. The lowest BCUT2D eigenvalue weighted by molar-refractivity contribution is -0.154. The van der Waals surface area contributed by atoms with Gasteiger partial charge in [0.2, 0.25) is 11.2 Å². The molecular weight excluding hydrogens is 522 g/mol. The van der Waals surface area contributed by atoms with Crippen molar-refractivity contribution in [1.82, 2.24) is 0 Å². The summed E-state index contributed by atoms with van der Waals surface area (Å²) in [4.78, 5) is 25.1. The number of aryl methyl sites for hydroxylation is 1. The minimum atomic E-state index is -5.01. The summed E-state index contributed by atoms with van der Waals surface area (Å²) < 4.78 is 56.9. The molecule has 6 nitrogen and oxygen atoms in total. The number of carbonyl (C=O) groups excluding carboxylic acids is 1. The molecule has 0 aliphatic heterocycles. The maximum atomic E-state index is 13.7. The average Bonchev–Trinajstić information content (AvgIpc) is 2.78. The van der Waals surface area contributed by atoms with Crippen LogP contribution in [-0.4, -0.2) is 12.5 Å². The van der Waals surface area contributed by atoms with E-state index >= 15 is 0 Å². The molecule has 186 valence electrons. The predicted molar refractivity (Wildman–Crippen MR) is 129 cm³/mol. The van der Waals surface area contributed by atoms with Gasteiger partial charge in [0.15, 0.2) is 6.61 Å². The lowest BCUT2D eigenvalue weighted by Crippen LogP contribution is -2.20. The molecule has 11 heteroatoms. The van der Waals surface area contributed by atoms with Crippen LogP contribution in [0, 0.1) is 6.92 Å². The molecule has 1 heterocycles. The number of amides is 1. The molecular formula is C25H16Cl2F3NO5. The Morgan fingerprint density at radius 1 is 1.00 bits per heavy atom. The molecule has 4 rings (SSSR count). The molecule has 1 N–H and O–H groups in total. The first kappa shape index (κ1) is 25.4. The number of nitrogens with one attached hydrogen (secondary N) is 1. The van der Waals surface area contributed by atoms with Crippen molar-refractivity contribution in [3.63, 3.8) is 0 Å². The van der Waals surface area contributed by atoms with Crippen LogP contribution in [0.25, 0.3) is 11.0 Å². The first-order valence-electron chi connectivity index (χ1n) is 10.3. The Morgan fingerprint density at radius 3 is 2.39 bits per heavy atom. The maximum Gasteiger partial charge on any atom is 0.453 e. The molecule has 0 fully saturated rings. The molecule has 1 aromatic heterocycles. The number of alkyl halides is 3. The Bertz CT molecular complexity index is 1500. The number of anilines is 1. The van der Waals surface area contributed by atoms with Gasteiger partial charge in [-0.15, -0.1) is 0 Å². The minimum Gasteiger partial charge on any atom is -0.484 e. The molecule has 0 atom stereocenters. The number of rotatable bonds is 6. The highest BCUT2D eigenvalue weighted by atomic mass is 35.5. The van der Waals surface area contributed by atoms with E-state index in [4.69, 9.17) is 37.1 Å². The van der Waals surface area contributed by atoms with Crippen LogP contribution in [0.2, 0.25) is 10.0 Å². The monoisotopic (exact) mass is 537 g/mol. The van der Waals surface area contributed by atoms with Crippen molar-refractivity contribution in [2.75, 3.05) is 11.9 Å². The topological polar surface area (TPSA) is 77.8 Å². The normalized spacial score (nSPS) is 11.4. The Hall–Kier alpha value is -3.69. The van der Waals surface area contributed by atoms with Crippen LogP contribution in [-0.2, 0) is 11.0 Å². The number of halogens is 5. The van der Waals surface area contributed by atoms with E-state index in [1.165, 1.54) is 42.5 Å². The van der Waals surface area contributed by atoms with Crippen molar-refractivity contribution in [3.05, 3.63) is 92.3 Å². The summed E-state index contributed by atoms with van der Waals surface area (Å²) in [7, 11) is 0. The second-order valence-electron chi connectivity index (χ2n) is 7.66. The first-order valence-corrected chi connectivity index (χ1v) is 11.1. The summed E-state index contributed by atoms with van der Waals surface area (Å²) in [6.07, 6.45) is -5.01. The molecule has 0 aliphatic carbocycles. The number of benzene rings is 3. The van der Waals surface area contributed by atoms with Crippen molar-refractivity contribution in [3.8, 4) is 17.2 Å². The van der Waals surface area contributed by atoms with Gasteiger partial charge in [-0.05, 0) is 55.0 Å². The Labute approximate surface area is 212 Å². The Kier molecular flexibility index (Phi) is 7.14. The number of fused-ring (bicyclic) bond motifs is 1. The zero-order valence-electron chi connectivity index (χ0n) is 18.4. The second kappa shape index (κ2) is 10.1. The van der Waals surface area contributed by atoms with Crippen LogP contribution in [0.3, 0.4) is 0 Å². The number of ether oxygens (including phenoxy) is 2. The van der Waals surface area contributed by atoms with Crippen LogP contribution in [0.15, 0.2) is 69.9 Å². The number of carbonyl (C=O) groups is 1. The van der Waals surface area contributed by atoms with Crippen LogP contribution < -0.4 is 20.2 Å².